The molecule has 0 saturated heterocycles. The van der Waals surface area contributed by atoms with Crippen molar-refractivity contribution < 1.29 is 273 Å². The van der Waals surface area contributed by atoms with Crippen LogP contribution in [0.4, 0.5) is 0 Å². The minimum absolute atomic E-state index is 0. The number of Topliss-reactive ketones (excluding diaryl/α,β-unsaturated/α-hetero) is 1. The molecule has 18 N–H and O–H groups in total. The van der Waals surface area contributed by atoms with Crippen LogP contribution in [0.15, 0.2) is 97.1 Å². The Hall–Kier alpha value is -8.84. The maximum absolute atomic E-state index is 14.2. The molecule has 4 rings (SSSR count). The molecule has 43 nitrogen and oxygen atoms in total. The van der Waals surface area contributed by atoms with Crippen molar-refractivity contribution in [1.29, 1.82) is 0 Å². The van der Waals surface area contributed by atoms with E-state index in [-0.39, 0.29) is 213 Å². The van der Waals surface area contributed by atoms with E-state index in [4.69, 9.17) is 20.9 Å². The molecule has 0 aliphatic heterocycles. The monoisotopic (exact) mass is 2160 g/mol. The molecular formula is C77H103Gd3N14O29-3. The van der Waals surface area contributed by atoms with E-state index in [9.17, 15) is 133 Å². The van der Waals surface area contributed by atoms with Crippen molar-refractivity contribution in [2.24, 2.45) is 17.4 Å². The van der Waals surface area contributed by atoms with Crippen LogP contribution in [0.1, 0.15) is 80.0 Å². The van der Waals surface area contributed by atoms with Crippen molar-refractivity contribution >= 4 is 101 Å². The zero-order valence-corrected chi connectivity index (χ0v) is 74.3. The van der Waals surface area contributed by atoms with Gasteiger partial charge in [0, 0.05) is 192 Å². The maximum atomic E-state index is 14.2. The van der Waals surface area contributed by atoms with Gasteiger partial charge in [0.25, 0.3) is 5.91 Å². The summed E-state index contributed by atoms with van der Waals surface area (Å²) in [6, 6.07) is 20.8. The van der Waals surface area contributed by atoms with Crippen molar-refractivity contribution in [3.8, 4) is 33.8 Å². The summed E-state index contributed by atoms with van der Waals surface area (Å²) in [6.07, 6.45) is 1.81. The van der Waals surface area contributed by atoms with E-state index in [0.717, 1.165) is 30.1 Å². The number of nitrogens with two attached hydrogens (primary N) is 2. The number of hydrogen-bond donors (Lipinski definition) is 14. The number of benzene rings is 4. The van der Waals surface area contributed by atoms with Crippen LogP contribution in [0, 0.1) is 126 Å². The number of unbranched alkanes of at least 4 members (excludes halogenated alkanes) is 1. The van der Waals surface area contributed by atoms with Crippen LogP contribution in [0.25, 0.3) is 22.3 Å². The first-order valence-electron chi connectivity index (χ1n) is 37.6. The molecule has 0 saturated carbocycles. The third kappa shape index (κ3) is 47.2. The van der Waals surface area contributed by atoms with Crippen LogP contribution in [-0.4, -0.2) is 329 Å². The smallest absolute Gasteiger partial charge is 0.338 e. The zero-order valence-electron chi connectivity index (χ0n) is 67.5. The number of hydrogen-bond acceptors (Lipinski definition) is 29. The predicted molar refractivity (Wildman–Crippen MR) is 410 cm³/mol. The van der Waals surface area contributed by atoms with E-state index in [0.29, 0.717) is 42.5 Å². The van der Waals surface area contributed by atoms with Crippen LogP contribution >= 0.6 is 0 Å². The van der Waals surface area contributed by atoms with Crippen molar-refractivity contribution in [2.45, 2.75) is 89.5 Å². The largest absolute Gasteiger partial charge is 0.549 e. The van der Waals surface area contributed by atoms with Gasteiger partial charge in [-0.2, -0.15) is 0 Å². The van der Waals surface area contributed by atoms with Crippen LogP contribution in [0.3, 0.4) is 0 Å². The topological polar surface area (TPSA) is 689 Å². The molecular weight excluding hydrogens is 2060 g/mol. The van der Waals surface area contributed by atoms with E-state index in [2.05, 4.69) is 32.0 Å². The van der Waals surface area contributed by atoms with Gasteiger partial charge in [0.2, 0.25) is 17.7 Å². The van der Waals surface area contributed by atoms with E-state index < -0.39 is 217 Å². The summed E-state index contributed by atoms with van der Waals surface area (Å²) in [5.41, 5.74) is 17.4. The molecule has 4 aromatic carbocycles. The quantitative estimate of drug-likeness (QED) is 0.00845. The summed E-state index contributed by atoms with van der Waals surface area (Å²) < 4.78 is 12.0. The SMILES string of the molecule is CC(=O)c1cc(-c2ccccc2)ccc1OC[C@@H](CN(CCN(CC(=O)[O-])CC(=O)[O-])CC(=O)[O-])N(CC(=O)[O-])CC(=O)[O-].CCC(C)[C@H](NC(=O)CNC(=O)c1cc(-c2ccccc2)ccc1OC[C@@H](CN(CCN(CC(=O)O)CC(=O)O)CC(=O)O)N(CC(=O)O)CC(=O)O)C(=O)N[C@@H](CCC[NH+]=C(N)N)C(=O)N[C@@H](CCCC[NH3+])C(=O)O.[Gd].[Gd].[Gd]. The number of carboxylic acid groups (broad SMARTS) is 11. The van der Waals surface area contributed by atoms with Gasteiger partial charge in [0.15, 0.2) is 5.78 Å². The minimum atomic E-state index is -1.66. The van der Waals surface area contributed by atoms with Gasteiger partial charge in [0.05, 0.1) is 105 Å². The van der Waals surface area contributed by atoms with Gasteiger partial charge < -0.3 is 117 Å². The number of guanidine groups is 1. The molecule has 0 aromatic heterocycles. The molecule has 4 amide bonds. The third-order valence-corrected chi connectivity index (χ3v) is 18.0. The van der Waals surface area contributed by atoms with Gasteiger partial charge >= 0.3 is 41.8 Å². The van der Waals surface area contributed by atoms with E-state index in [1.807, 2.05) is 30.3 Å². The second kappa shape index (κ2) is 61.5. The van der Waals surface area contributed by atoms with Crippen molar-refractivity contribution in [1.82, 2.24) is 50.7 Å². The number of quaternary nitrogens is 1. The van der Waals surface area contributed by atoms with Crippen molar-refractivity contribution in [2.75, 3.05) is 138 Å². The van der Waals surface area contributed by atoms with Gasteiger partial charge in [-0.3, -0.25) is 93.8 Å². The van der Waals surface area contributed by atoms with Gasteiger partial charge in [-0.25, -0.2) is 4.79 Å². The fraction of sp³-hybridized carbons (Fsp3) is 0.468. The number of ketones is 1. The van der Waals surface area contributed by atoms with Gasteiger partial charge in [-0.05, 0) is 91.5 Å². The second-order valence-corrected chi connectivity index (χ2v) is 27.6. The van der Waals surface area contributed by atoms with Crippen LogP contribution < -0.4 is 78.5 Å². The molecule has 1 unspecified atom stereocenters. The Balaban J connectivity index is 0.00000269. The first kappa shape index (κ1) is 114. The molecule has 0 aliphatic carbocycles. The standard InChI is InChI=1S/C48H71N11O17.C29H35N3O12.3Gd/c1-3-29(2)43(46(73)54-34(13-9-17-52-48(50)51)45(72)55-35(47(74)75)12-7-8-16-49)56-37(60)21-53-44(71)33-20-31(30-10-5-4-6-11-30)14-15-36(33)76-28-32(59(26-41(67)68)27-42(69)70)22-57(23-38(61)62)18-19-58(24-39(63)64)25-40(65)66;1-19(33)23-11-21(20-5-3-2-4-6-20)7-8-24(23)44-18-22(32(16-28(40)41)17-29(42)43)12-30(13-25(34)35)9-10-31(14-26(36)37)15-27(38)39;;;/h4-6,10-11,14-15,20,29,32,34-35,43H,3,7-9,12-13,16-19,21-28,49H2,1-2H3,(H,53,71)(H,54,73)(H,55,72)(H,56,60)(H,61,62)(H,63,64)(H,65,66)(H,67,68)(H,69,70)(H,74,75)(H4,50,51,52);2-8,11,22H,9-10,12-18H2,1H3,(H,34,35)(H,36,37)(H,38,39)(H,40,41)(H,42,43);;;/p-3/t29?,32-,34+,35+,43+;22-;;;/m11.../s1. The van der Waals surface area contributed by atoms with Gasteiger partial charge in [0.1, 0.15) is 42.8 Å². The molecule has 4 aromatic rings. The summed E-state index contributed by atoms with van der Waals surface area (Å²) in [5.74, 6) is -20.7. The Bertz CT molecular complexity index is 4110. The molecule has 0 radical (unpaired) electrons. The molecule has 0 bridgehead atoms. The first-order chi connectivity index (χ1) is 56.7. The van der Waals surface area contributed by atoms with Crippen molar-refractivity contribution in [3.05, 3.63) is 108 Å². The van der Waals surface area contributed by atoms with Crippen LogP contribution in [0.2, 0.25) is 0 Å². The average molecular weight is 2160 g/mol. The molecule has 0 heterocycles. The summed E-state index contributed by atoms with van der Waals surface area (Å²) in [7, 11) is 0. The number of ether oxygens (including phenoxy) is 2. The molecule has 123 heavy (non-hydrogen) atoms. The molecule has 0 fully saturated rings. The number of amides is 4. The van der Waals surface area contributed by atoms with Crippen LogP contribution in [0.5, 0.6) is 11.5 Å². The molecule has 0 spiro atoms. The fourth-order valence-electron chi connectivity index (χ4n) is 12.1. The van der Waals surface area contributed by atoms with E-state index >= 15 is 0 Å². The maximum Gasteiger partial charge on any atom is 0.338 e. The van der Waals surface area contributed by atoms with Gasteiger partial charge in [-0.1, -0.05) is 93.1 Å². The van der Waals surface area contributed by atoms with Crippen LogP contribution in [-0.2, 0) is 67.1 Å². The number of carbonyl (C=O) groups excluding carboxylic acids is 10. The molecule has 682 valence electrons. The molecule has 46 heteroatoms. The fourth-order valence-corrected chi connectivity index (χ4v) is 12.1. The van der Waals surface area contributed by atoms with Gasteiger partial charge in [-0.15, -0.1) is 0 Å². The third-order valence-electron chi connectivity index (χ3n) is 18.0. The Morgan fingerprint density at radius 1 is 0.472 bits per heavy atom. The number of carboxylic acids is 11. The Labute approximate surface area is 803 Å². The number of aliphatic carboxylic acids is 11. The number of rotatable bonds is 60. The average Bonchev–Trinajstić information content (AvgIpc) is 0.829. The zero-order chi connectivity index (χ0) is 89.7. The number of nitrogens with zero attached hydrogens (tertiary/aromatic N) is 6. The minimum Gasteiger partial charge on any atom is -0.549 e. The summed E-state index contributed by atoms with van der Waals surface area (Å²) in [4.78, 5) is 204. The normalized spacial score (nSPS) is 12.3. The Kier molecular flexibility index (Phi) is 57.1. The molecule has 0 aliphatic rings. The number of carbonyl (C=O) groups is 16. The number of nitrogens with one attached hydrogen (secondary N) is 5. The summed E-state index contributed by atoms with van der Waals surface area (Å²) in [6.45, 7) is -6.38. The predicted octanol–water partition coefficient (Wildman–Crippen LogP) is -10.7. The first-order valence-corrected chi connectivity index (χ1v) is 37.6. The molecule has 6 atom stereocenters. The van der Waals surface area contributed by atoms with E-state index in [1.54, 1.807) is 62.4 Å². The Morgan fingerprint density at radius 3 is 1.28 bits per heavy atom. The van der Waals surface area contributed by atoms with Crippen molar-refractivity contribution in [3.63, 3.8) is 0 Å². The Morgan fingerprint density at radius 2 is 0.862 bits per heavy atom. The van der Waals surface area contributed by atoms with E-state index in [1.165, 1.54) is 30.0 Å². The summed E-state index contributed by atoms with van der Waals surface area (Å²) in [5, 5.41) is 125. The summed E-state index contributed by atoms with van der Waals surface area (Å²) >= 11 is 0. The second-order valence-electron chi connectivity index (χ2n) is 27.6.